The van der Waals surface area contributed by atoms with Crippen molar-refractivity contribution < 1.29 is 19.1 Å². The van der Waals surface area contributed by atoms with Gasteiger partial charge in [-0.1, -0.05) is 25.7 Å². The molecule has 1 aromatic heterocycles. The van der Waals surface area contributed by atoms with Gasteiger partial charge in [0.1, 0.15) is 0 Å². The Morgan fingerprint density at radius 1 is 1.35 bits per heavy atom. The molecule has 1 fully saturated rings. The average Bonchev–Trinajstić information content (AvgIpc) is 2.71. The fraction of sp³-hybridized carbons (Fsp3) is 0.643. The van der Waals surface area contributed by atoms with Crippen molar-refractivity contribution in [2.45, 2.75) is 45.4 Å². The zero-order chi connectivity index (χ0) is 14.6. The molecule has 0 spiro atoms. The van der Waals surface area contributed by atoms with E-state index in [2.05, 4.69) is 10.3 Å². The summed E-state index contributed by atoms with van der Waals surface area (Å²) in [5.74, 6) is -1.07. The number of nitrogens with zero attached hydrogens (tertiary/aromatic N) is 1. The number of oxazole rings is 1. The Bertz CT molecular complexity index is 487. The highest BCUT2D eigenvalue weighted by molar-refractivity contribution is 5.92. The highest BCUT2D eigenvalue weighted by Crippen LogP contribution is 2.34. The fourth-order valence-corrected chi connectivity index (χ4v) is 2.72. The SMILES string of the molecule is Cc1ncoc1C(=O)NCC1(C(=O)O)CCCCCC1. The van der Waals surface area contributed by atoms with Crippen LogP contribution in [0.5, 0.6) is 0 Å². The number of aliphatic carboxylic acids is 1. The molecule has 0 saturated heterocycles. The smallest absolute Gasteiger partial charge is 0.311 e. The van der Waals surface area contributed by atoms with E-state index in [1.165, 1.54) is 6.39 Å². The summed E-state index contributed by atoms with van der Waals surface area (Å²) in [6.07, 6.45) is 6.33. The number of hydrogen-bond acceptors (Lipinski definition) is 4. The first-order valence-electron chi connectivity index (χ1n) is 6.97. The topological polar surface area (TPSA) is 92.4 Å². The largest absolute Gasteiger partial charge is 0.481 e. The van der Waals surface area contributed by atoms with Crippen LogP contribution in [-0.2, 0) is 4.79 Å². The van der Waals surface area contributed by atoms with Gasteiger partial charge in [0.2, 0.25) is 5.76 Å². The van der Waals surface area contributed by atoms with Gasteiger partial charge in [0.05, 0.1) is 11.1 Å². The Morgan fingerprint density at radius 3 is 2.50 bits per heavy atom. The molecule has 110 valence electrons. The lowest BCUT2D eigenvalue weighted by Gasteiger charge is -2.28. The molecule has 0 bridgehead atoms. The third-order valence-corrected chi connectivity index (χ3v) is 4.05. The number of hydrogen-bond donors (Lipinski definition) is 2. The highest BCUT2D eigenvalue weighted by Gasteiger charge is 2.39. The van der Waals surface area contributed by atoms with Crippen molar-refractivity contribution in [3.8, 4) is 0 Å². The monoisotopic (exact) mass is 280 g/mol. The fourth-order valence-electron chi connectivity index (χ4n) is 2.72. The van der Waals surface area contributed by atoms with Crippen molar-refractivity contribution in [2.75, 3.05) is 6.54 Å². The van der Waals surface area contributed by atoms with Gasteiger partial charge in [-0.25, -0.2) is 4.98 Å². The van der Waals surface area contributed by atoms with E-state index in [-0.39, 0.29) is 12.3 Å². The molecule has 0 radical (unpaired) electrons. The van der Waals surface area contributed by atoms with Gasteiger partial charge in [-0.15, -0.1) is 0 Å². The summed E-state index contributed by atoms with van der Waals surface area (Å²) in [5.41, 5.74) is -0.340. The van der Waals surface area contributed by atoms with Crippen LogP contribution in [-0.4, -0.2) is 28.5 Å². The molecule has 20 heavy (non-hydrogen) atoms. The molecule has 2 N–H and O–H groups in total. The van der Waals surface area contributed by atoms with Crippen LogP contribution < -0.4 is 5.32 Å². The van der Waals surface area contributed by atoms with Crippen molar-refractivity contribution in [3.05, 3.63) is 17.8 Å². The van der Waals surface area contributed by atoms with Gasteiger partial charge >= 0.3 is 5.97 Å². The molecule has 0 atom stereocenters. The van der Waals surface area contributed by atoms with Gasteiger partial charge in [0.25, 0.3) is 5.91 Å². The molecular weight excluding hydrogens is 260 g/mol. The van der Waals surface area contributed by atoms with Gasteiger partial charge in [-0.3, -0.25) is 9.59 Å². The number of carboxylic acids is 1. The lowest BCUT2D eigenvalue weighted by molar-refractivity contribution is -0.149. The van der Waals surface area contributed by atoms with E-state index < -0.39 is 17.3 Å². The molecule has 0 aromatic carbocycles. The molecule has 1 aliphatic carbocycles. The quantitative estimate of drug-likeness (QED) is 0.824. The first-order chi connectivity index (χ1) is 9.55. The van der Waals surface area contributed by atoms with E-state index in [9.17, 15) is 14.7 Å². The summed E-state index contributed by atoms with van der Waals surface area (Å²) in [6, 6.07) is 0. The van der Waals surface area contributed by atoms with Crippen LogP contribution in [0, 0.1) is 12.3 Å². The van der Waals surface area contributed by atoms with Crippen LogP contribution >= 0.6 is 0 Å². The molecule has 1 amide bonds. The third-order valence-electron chi connectivity index (χ3n) is 4.05. The average molecular weight is 280 g/mol. The number of amides is 1. The van der Waals surface area contributed by atoms with Gasteiger partial charge < -0.3 is 14.8 Å². The van der Waals surface area contributed by atoms with Crippen molar-refractivity contribution >= 4 is 11.9 Å². The van der Waals surface area contributed by atoms with Crippen molar-refractivity contribution in [1.82, 2.24) is 10.3 Å². The summed E-state index contributed by atoms with van der Waals surface area (Å²) in [4.78, 5) is 27.4. The Hall–Kier alpha value is -1.85. The molecule has 0 aliphatic heterocycles. The second-order valence-electron chi connectivity index (χ2n) is 5.45. The molecule has 1 saturated carbocycles. The molecular formula is C14H20N2O4. The van der Waals surface area contributed by atoms with Crippen molar-refractivity contribution in [3.63, 3.8) is 0 Å². The Labute approximate surface area is 117 Å². The summed E-state index contributed by atoms with van der Waals surface area (Å²) >= 11 is 0. The van der Waals surface area contributed by atoms with E-state index in [1.807, 2.05) is 0 Å². The summed E-state index contributed by atoms with van der Waals surface area (Å²) in [6.45, 7) is 1.82. The number of carboxylic acid groups (broad SMARTS) is 1. The van der Waals surface area contributed by atoms with E-state index >= 15 is 0 Å². The summed E-state index contributed by atoms with van der Waals surface area (Å²) in [7, 11) is 0. The molecule has 6 heteroatoms. The standard InChI is InChI=1S/C14H20N2O4/c1-10-11(20-9-16-10)12(17)15-8-14(13(18)19)6-4-2-3-5-7-14/h9H,2-8H2,1H3,(H,15,17)(H,18,19). The molecule has 1 aromatic rings. The van der Waals surface area contributed by atoms with Gasteiger partial charge in [-0.2, -0.15) is 0 Å². The van der Waals surface area contributed by atoms with Crippen molar-refractivity contribution in [1.29, 1.82) is 0 Å². The number of carbonyl (C=O) groups is 2. The molecule has 0 unspecified atom stereocenters. The highest BCUT2D eigenvalue weighted by atomic mass is 16.4. The maximum atomic E-state index is 12.0. The van der Waals surface area contributed by atoms with Crippen LogP contribution in [0.3, 0.4) is 0 Å². The molecule has 1 heterocycles. The van der Waals surface area contributed by atoms with Crippen LogP contribution in [0.4, 0.5) is 0 Å². The minimum absolute atomic E-state index is 0.140. The first-order valence-corrected chi connectivity index (χ1v) is 6.97. The number of aryl methyl sites for hydroxylation is 1. The second kappa shape index (κ2) is 6.07. The van der Waals surface area contributed by atoms with Crippen LogP contribution in [0.15, 0.2) is 10.8 Å². The Kier molecular flexibility index (Phi) is 4.42. The molecule has 1 aliphatic rings. The number of rotatable bonds is 4. The maximum absolute atomic E-state index is 12.0. The molecule has 2 rings (SSSR count). The molecule has 6 nitrogen and oxygen atoms in total. The normalized spacial score (nSPS) is 18.2. The number of carbonyl (C=O) groups excluding carboxylic acids is 1. The zero-order valence-electron chi connectivity index (χ0n) is 11.6. The zero-order valence-corrected chi connectivity index (χ0v) is 11.6. The maximum Gasteiger partial charge on any atom is 0.311 e. The van der Waals surface area contributed by atoms with Gasteiger partial charge in [0.15, 0.2) is 6.39 Å². The van der Waals surface area contributed by atoms with Crippen LogP contribution in [0.25, 0.3) is 0 Å². The van der Waals surface area contributed by atoms with Crippen LogP contribution in [0.1, 0.15) is 54.8 Å². The minimum Gasteiger partial charge on any atom is -0.481 e. The predicted octanol–water partition coefficient (Wildman–Crippen LogP) is 2.14. The third kappa shape index (κ3) is 3.00. The number of nitrogens with one attached hydrogen (secondary N) is 1. The van der Waals surface area contributed by atoms with E-state index in [0.717, 1.165) is 25.7 Å². The Balaban J connectivity index is 2.04. The van der Waals surface area contributed by atoms with Gasteiger partial charge in [-0.05, 0) is 19.8 Å². The van der Waals surface area contributed by atoms with Crippen LogP contribution in [0.2, 0.25) is 0 Å². The van der Waals surface area contributed by atoms with E-state index in [4.69, 9.17) is 4.42 Å². The second-order valence-corrected chi connectivity index (χ2v) is 5.45. The lowest BCUT2D eigenvalue weighted by atomic mass is 9.80. The first kappa shape index (κ1) is 14.6. The predicted molar refractivity (Wildman–Crippen MR) is 71.3 cm³/mol. The summed E-state index contributed by atoms with van der Waals surface area (Å²) < 4.78 is 5.01. The minimum atomic E-state index is -0.847. The van der Waals surface area contributed by atoms with Crippen molar-refractivity contribution in [2.24, 2.45) is 5.41 Å². The lowest BCUT2D eigenvalue weighted by Crippen LogP contribution is -2.43. The summed E-state index contributed by atoms with van der Waals surface area (Å²) in [5, 5.41) is 12.2. The van der Waals surface area contributed by atoms with E-state index in [0.29, 0.717) is 18.5 Å². The van der Waals surface area contributed by atoms with E-state index in [1.54, 1.807) is 6.92 Å². The Morgan fingerprint density at radius 2 is 2.00 bits per heavy atom. The van der Waals surface area contributed by atoms with Gasteiger partial charge in [0, 0.05) is 6.54 Å². The number of aromatic nitrogens is 1.